The van der Waals surface area contributed by atoms with Crippen LogP contribution in [0.15, 0.2) is 66.7 Å². The molecule has 1 N–H and O–H groups in total. The van der Waals surface area contributed by atoms with E-state index in [9.17, 15) is 13.2 Å². The second kappa shape index (κ2) is 9.19. The first-order chi connectivity index (χ1) is 15.7. The number of halogens is 3. The minimum absolute atomic E-state index is 0.257. The minimum Gasteiger partial charge on any atom is -0.368 e. The highest BCUT2D eigenvalue weighted by atomic mass is 19.4. The Morgan fingerprint density at radius 1 is 0.848 bits per heavy atom. The Morgan fingerprint density at radius 2 is 1.58 bits per heavy atom. The van der Waals surface area contributed by atoms with Gasteiger partial charge in [0.15, 0.2) is 5.82 Å². The van der Waals surface area contributed by atoms with Gasteiger partial charge in [-0.25, -0.2) is 9.97 Å². The van der Waals surface area contributed by atoms with Crippen LogP contribution in [-0.4, -0.2) is 42.1 Å². The fourth-order valence-corrected chi connectivity index (χ4v) is 3.67. The molecule has 4 nitrogen and oxygen atoms in total. The molecule has 0 aliphatic heterocycles. The number of benzene rings is 3. The topological polar surface area (TPSA) is 41.0 Å². The molecule has 7 heteroatoms. The maximum Gasteiger partial charge on any atom is 0.416 e. The maximum absolute atomic E-state index is 13.8. The summed E-state index contributed by atoms with van der Waals surface area (Å²) in [6.07, 6.45) is -4.49. The van der Waals surface area contributed by atoms with Gasteiger partial charge in [-0.05, 0) is 62.0 Å². The van der Waals surface area contributed by atoms with Crippen LogP contribution in [0.2, 0.25) is 0 Å². The van der Waals surface area contributed by atoms with E-state index < -0.39 is 11.7 Å². The Balaban J connectivity index is 1.89. The van der Waals surface area contributed by atoms with Crippen LogP contribution in [0, 0.1) is 6.92 Å². The summed E-state index contributed by atoms with van der Waals surface area (Å²) in [7, 11) is 3.95. The van der Waals surface area contributed by atoms with Crippen LogP contribution < -0.4 is 5.32 Å². The van der Waals surface area contributed by atoms with Gasteiger partial charge in [-0.3, -0.25) is 0 Å². The predicted octanol–water partition coefficient (Wildman–Crippen LogP) is 6.26. The van der Waals surface area contributed by atoms with Crippen molar-refractivity contribution in [1.82, 2.24) is 14.9 Å². The van der Waals surface area contributed by atoms with Gasteiger partial charge < -0.3 is 10.2 Å². The fourth-order valence-electron chi connectivity index (χ4n) is 3.67. The molecule has 0 amide bonds. The zero-order valence-corrected chi connectivity index (χ0v) is 18.7. The molecule has 4 rings (SSSR count). The van der Waals surface area contributed by atoms with Gasteiger partial charge >= 0.3 is 6.18 Å². The van der Waals surface area contributed by atoms with E-state index in [1.165, 1.54) is 6.07 Å². The normalized spacial score (nSPS) is 11.8. The molecule has 0 saturated carbocycles. The molecule has 1 aromatic heterocycles. The average molecular weight is 451 g/mol. The van der Waals surface area contributed by atoms with Crippen molar-refractivity contribution in [2.24, 2.45) is 0 Å². The van der Waals surface area contributed by atoms with E-state index in [0.29, 0.717) is 34.6 Å². The Hall–Kier alpha value is -3.45. The predicted molar refractivity (Wildman–Crippen MR) is 127 cm³/mol. The van der Waals surface area contributed by atoms with E-state index in [1.807, 2.05) is 50.2 Å². The quantitative estimate of drug-likeness (QED) is 0.376. The highest BCUT2D eigenvalue weighted by molar-refractivity contribution is 5.92. The van der Waals surface area contributed by atoms with Crippen molar-refractivity contribution in [3.8, 4) is 22.5 Å². The molecule has 3 aromatic carbocycles. The molecule has 0 unspecified atom stereocenters. The maximum atomic E-state index is 13.8. The van der Waals surface area contributed by atoms with Crippen molar-refractivity contribution in [3.63, 3.8) is 0 Å². The second-order valence-electron chi connectivity index (χ2n) is 8.26. The molecule has 33 heavy (non-hydrogen) atoms. The highest BCUT2D eigenvalue weighted by Crippen LogP contribution is 2.36. The van der Waals surface area contributed by atoms with Crippen molar-refractivity contribution in [1.29, 1.82) is 0 Å². The van der Waals surface area contributed by atoms with Gasteiger partial charge in [0.25, 0.3) is 0 Å². The summed E-state index contributed by atoms with van der Waals surface area (Å²) < 4.78 is 41.3. The van der Waals surface area contributed by atoms with E-state index in [1.54, 1.807) is 30.3 Å². The first-order valence-corrected chi connectivity index (χ1v) is 10.7. The van der Waals surface area contributed by atoms with Gasteiger partial charge in [0.1, 0.15) is 5.82 Å². The number of anilines is 1. The number of nitrogens with zero attached hydrogens (tertiary/aromatic N) is 3. The first-order valence-electron chi connectivity index (χ1n) is 10.7. The van der Waals surface area contributed by atoms with E-state index in [4.69, 9.17) is 0 Å². The summed E-state index contributed by atoms with van der Waals surface area (Å²) in [4.78, 5) is 11.4. The molecule has 0 spiro atoms. The molecule has 4 aromatic rings. The molecule has 0 aliphatic rings. The van der Waals surface area contributed by atoms with Crippen LogP contribution in [0.3, 0.4) is 0 Å². The lowest BCUT2D eigenvalue weighted by Crippen LogP contribution is -2.21. The van der Waals surface area contributed by atoms with E-state index in [0.717, 1.165) is 23.6 Å². The summed E-state index contributed by atoms with van der Waals surface area (Å²) in [5, 5.41) is 4.17. The zero-order valence-electron chi connectivity index (χ0n) is 18.7. The zero-order chi connectivity index (χ0) is 23.6. The van der Waals surface area contributed by atoms with Crippen molar-refractivity contribution < 1.29 is 13.2 Å². The summed E-state index contributed by atoms with van der Waals surface area (Å²) >= 11 is 0. The number of hydrogen-bond donors (Lipinski definition) is 1. The molecular weight excluding hydrogens is 425 g/mol. The van der Waals surface area contributed by atoms with Gasteiger partial charge in [0.2, 0.25) is 0 Å². The molecular formula is C26H25F3N4. The molecule has 0 radical (unpaired) electrons. The Labute approximate surface area is 191 Å². The number of aromatic nitrogens is 2. The SMILES string of the molecule is Cc1cccc2c(NCCN(C)C)nc(-c3cc(-c4ccccc4)cc(C(F)(F)F)c3)nc12. The Kier molecular flexibility index (Phi) is 6.33. The van der Waals surface area contributed by atoms with Crippen LogP contribution >= 0.6 is 0 Å². The summed E-state index contributed by atoms with van der Waals surface area (Å²) in [6.45, 7) is 3.36. The lowest BCUT2D eigenvalue weighted by atomic mass is 9.99. The van der Waals surface area contributed by atoms with Crippen LogP contribution in [0.4, 0.5) is 19.0 Å². The number of fused-ring (bicyclic) bond motifs is 1. The third-order valence-electron chi connectivity index (χ3n) is 5.41. The number of rotatable bonds is 6. The lowest BCUT2D eigenvalue weighted by molar-refractivity contribution is -0.137. The van der Waals surface area contributed by atoms with Crippen molar-refractivity contribution >= 4 is 16.7 Å². The van der Waals surface area contributed by atoms with E-state index in [2.05, 4.69) is 15.3 Å². The highest BCUT2D eigenvalue weighted by Gasteiger charge is 2.31. The molecule has 0 saturated heterocycles. The van der Waals surface area contributed by atoms with Crippen molar-refractivity contribution in [2.45, 2.75) is 13.1 Å². The first kappa shape index (κ1) is 22.7. The number of para-hydroxylation sites is 1. The molecule has 0 bridgehead atoms. The number of likely N-dealkylation sites (N-methyl/N-ethyl adjacent to an activating group) is 1. The summed E-state index contributed by atoms with van der Waals surface area (Å²) in [5.74, 6) is 0.867. The molecule has 0 atom stereocenters. The van der Waals surface area contributed by atoms with Gasteiger partial charge in [-0.15, -0.1) is 0 Å². The third-order valence-corrected chi connectivity index (χ3v) is 5.41. The van der Waals surface area contributed by atoms with E-state index in [-0.39, 0.29) is 5.82 Å². The van der Waals surface area contributed by atoms with E-state index >= 15 is 0 Å². The van der Waals surface area contributed by atoms with Gasteiger partial charge in [-0.1, -0.05) is 42.5 Å². The lowest BCUT2D eigenvalue weighted by Gasteiger charge is -2.16. The number of nitrogens with one attached hydrogen (secondary N) is 1. The number of alkyl halides is 3. The standard InChI is InChI=1S/C26H25F3N4/c1-17-8-7-11-22-23(17)31-24(32-25(22)30-12-13-33(2)3)20-14-19(18-9-5-4-6-10-18)15-21(16-20)26(27,28)29/h4-11,14-16H,12-13H2,1-3H3,(H,30,31,32). The molecule has 170 valence electrons. The number of hydrogen-bond acceptors (Lipinski definition) is 4. The monoisotopic (exact) mass is 450 g/mol. The largest absolute Gasteiger partial charge is 0.416 e. The number of aryl methyl sites for hydroxylation is 1. The Morgan fingerprint density at radius 3 is 2.27 bits per heavy atom. The van der Waals surface area contributed by atoms with Crippen LogP contribution in [0.25, 0.3) is 33.4 Å². The van der Waals surface area contributed by atoms with Crippen LogP contribution in [0.5, 0.6) is 0 Å². The van der Waals surface area contributed by atoms with Crippen LogP contribution in [0.1, 0.15) is 11.1 Å². The smallest absolute Gasteiger partial charge is 0.368 e. The summed E-state index contributed by atoms with van der Waals surface area (Å²) in [5.41, 5.74) is 2.41. The van der Waals surface area contributed by atoms with Gasteiger partial charge in [0.05, 0.1) is 11.1 Å². The second-order valence-corrected chi connectivity index (χ2v) is 8.26. The fraction of sp³-hybridized carbons (Fsp3) is 0.231. The van der Waals surface area contributed by atoms with Gasteiger partial charge in [0, 0.05) is 24.0 Å². The van der Waals surface area contributed by atoms with Crippen LogP contribution in [-0.2, 0) is 6.18 Å². The molecule has 0 aliphatic carbocycles. The van der Waals surface area contributed by atoms with Crippen molar-refractivity contribution in [2.75, 3.05) is 32.5 Å². The molecule has 0 fully saturated rings. The molecule has 1 heterocycles. The van der Waals surface area contributed by atoms with Gasteiger partial charge in [-0.2, -0.15) is 13.2 Å². The third kappa shape index (κ3) is 5.14. The van der Waals surface area contributed by atoms with Crippen molar-refractivity contribution in [3.05, 3.63) is 77.9 Å². The Bertz CT molecular complexity index is 1270. The minimum atomic E-state index is -4.49. The summed E-state index contributed by atoms with van der Waals surface area (Å²) in [6, 6.07) is 18.8. The average Bonchev–Trinajstić information content (AvgIpc) is 2.79.